The quantitative estimate of drug-likeness (QED) is 0.650. The summed E-state index contributed by atoms with van der Waals surface area (Å²) in [5.74, 6) is 0.0407. The molecule has 0 amide bonds. The van der Waals surface area contributed by atoms with Crippen LogP contribution in [0.1, 0.15) is 21.9 Å². The number of esters is 1. The highest BCUT2D eigenvalue weighted by Crippen LogP contribution is 2.21. The molecule has 2 heterocycles. The Hall–Kier alpha value is -3.09. The van der Waals surface area contributed by atoms with Crippen molar-refractivity contribution in [3.8, 4) is 5.75 Å². The molecule has 7 heteroatoms. The third kappa shape index (κ3) is 3.62. The number of rotatable bonds is 6. The molecule has 0 unspecified atom stereocenters. The minimum Gasteiger partial charge on any atom is -0.496 e. The second-order valence-corrected chi connectivity index (χ2v) is 5.00. The molecule has 0 saturated carbocycles. The molecule has 0 N–H and O–H groups in total. The number of aromatic nitrogens is 2. The zero-order chi connectivity index (χ0) is 16.9. The lowest BCUT2D eigenvalue weighted by atomic mass is 10.2. The molecule has 0 aliphatic carbocycles. The fourth-order valence-corrected chi connectivity index (χ4v) is 2.20. The number of methoxy groups -OCH3 is 1. The summed E-state index contributed by atoms with van der Waals surface area (Å²) in [6, 6.07) is 9.03. The number of benzene rings is 1. The number of halogens is 1. The number of furan rings is 1. The Morgan fingerprint density at radius 1 is 1.33 bits per heavy atom. The van der Waals surface area contributed by atoms with Gasteiger partial charge in [0, 0.05) is 18.0 Å². The molecule has 124 valence electrons. The maximum Gasteiger partial charge on any atom is 0.374 e. The van der Waals surface area contributed by atoms with Crippen LogP contribution in [0.15, 0.2) is 53.2 Å². The maximum atomic E-state index is 13.3. The third-order valence-electron chi connectivity index (χ3n) is 3.34. The van der Waals surface area contributed by atoms with Gasteiger partial charge in [-0.2, -0.15) is 5.10 Å². The summed E-state index contributed by atoms with van der Waals surface area (Å²) in [4.78, 5) is 12.0. The highest BCUT2D eigenvalue weighted by Gasteiger charge is 2.15. The van der Waals surface area contributed by atoms with Crippen LogP contribution in [0.2, 0.25) is 0 Å². The summed E-state index contributed by atoms with van der Waals surface area (Å²) in [6.07, 6.45) is 3.45. The van der Waals surface area contributed by atoms with Crippen LogP contribution >= 0.6 is 0 Å². The fraction of sp³-hybridized carbons (Fsp3) is 0.176. The van der Waals surface area contributed by atoms with E-state index in [1.165, 1.54) is 31.4 Å². The Bertz CT molecular complexity index is 827. The van der Waals surface area contributed by atoms with Gasteiger partial charge in [0.2, 0.25) is 5.76 Å². The molecule has 0 aliphatic heterocycles. The topological polar surface area (TPSA) is 66.5 Å². The summed E-state index contributed by atoms with van der Waals surface area (Å²) in [5.41, 5.74) is 0.439. The van der Waals surface area contributed by atoms with Crippen molar-refractivity contribution in [1.29, 1.82) is 0 Å². The van der Waals surface area contributed by atoms with Crippen molar-refractivity contribution in [2.45, 2.75) is 13.2 Å². The summed E-state index contributed by atoms with van der Waals surface area (Å²) in [6.45, 7) is 0.299. The van der Waals surface area contributed by atoms with Crippen molar-refractivity contribution < 1.29 is 23.1 Å². The van der Waals surface area contributed by atoms with Gasteiger partial charge >= 0.3 is 5.97 Å². The van der Waals surface area contributed by atoms with E-state index in [2.05, 4.69) is 5.10 Å². The molecule has 0 radical (unpaired) electrons. The lowest BCUT2D eigenvalue weighted by Gasteiger charge is -2.08. The van der Waals surface area contributed by atoms with Gasteiger partial charge in [0.25, 0.3) is 0 Å². The van der Waals surface area contributed by atoms with Gasteiger partial charge in [0.1, 0.15) is 23.9 Å². The highest BCUT2D eigenvalue weighted by atomic mass is 19.1. The summed E-state index contributed by atoms with van der Waals surface area (Å²) in [7, 11) is 1.46. The van der Waals surface area contributed by atoms with E-state index in [4.69, 9.17) is 13.9 Å². The van der Waals surface area contributed by atoms with Crippen LogP contribution in [-0.2, 0) is 17.9 Å². The first-order chi connectivity index (χ1) is 11.7. The van der Waals surface area contributed by atoms with Crippen LogP contribution in [0.25, 0.3) is 0 Å². The fourth-order valence-electron chi connectivity index (χ4n) is 2.20. The van der Waals surface area contributed by atoms with E-state index >= 15 is 0 Å². The molecule has 0 aliphatic rings. The van der Waals surface area contributed by atoms with E-state index in [0.717, 1.165) is 0 Å². The molecule has 3 aromatic rings. The molecule has 0 saturated heterocycles. The number of nitrogens with zero attached hydrogens (tertiary/aromatic N) is 2. The maximum absolute atomic E-state index is 13.3. The van der Waals surface area contributed by atoms with Gasteiger partial charge in [-0.15, -0.1) is 0 Å². The van der Waals surface area contributed by atoms with Crippen LogP contribution in [0, 0.1) is 5.82 Å². The van der Waals surface area contributed by atoms with Gasteiger partial charge in [-0.3, -0.25) is 4.68 Å². The first-order valence-corrected chi connectivity index (χ1v) is 7.21. The van der Waals surface area contributed by atoms with Gasteiger partial charge < -0.3 is 13.9 Å². The van der Waals surface area contributed by atoms with E-state index in [1.807, 2.05) is 0 Å². The molecule has 24 heavy (non-hydrogen) atoms. The average Bonchev–Trinajstić information content (AvgIpc) is 3.25. The third-order valence-corrected chi connectivity index (χ3v) is 3.34. The number of hydrogen-bond acceptors (Lipinski definition) is 5. The standard InChI is InChI=1S/C17H15FN2O4/c1-22-15-5-3-13(18)9-12(15)11-23-17(21)16-6-4-14(24-16)10-20-8-2-7-19-20/h2-9H,10-11H2,1H3. The highest BCUT2D eigenvalue weighted by molar-refractivity contribution is 5.86. The molecule has 3 rings (SSSR count). The number of hydrogen-bond donors (Lipinski definition) is 0. The van der Waals surface area contributed by atoms with Gasteiger partial charge in [0.15, 0.2) is 0 Å². The molecule has 0 spiro atoms. The van der Waals surface area contributed by atoms with Gasteiger partial charge in [0.05, 0.1) is 13.7 Å². The zero-order valence-corrected chi connectivity index (χ0v) is 12.9. The Kier molecular flexibility index (Phi) is 4.60. The van der Waals surface area contributed by atoms with Crippen LogP contribution in [0.3, 0.4) is 0 Å². The van der Waals surface area contributed by atoms with Crippen molar-refractivity contribution in [1.82, 2.24) is 9.78 Å². The molecule has 6 nitrogen and oxygen atoms in total. The Morgan fingerprint density at radius 2 is 2.21 bits per heavy atom. The minimum absolute atomic E-state index is 0.0764. The summed E-state index contributed by atoms with van der Waals surface area (Å²) >= 11 is 0. The van der Waals surface area contributed by atoms with Crippen molar-refractivity contribution in [2.24, 2.45) is 0 Å². The first kappa shape index (κ1) is 15.8. The van der Waals surface area contributed by atoms with Crippen molar-refractivity contribution in [3.05, 3.63) is 71.7 Å². The molecule has 1 aromatic carbocycles. The van der Waals surface area contributed by atoms with Gasteiger partial charge in [-0.25, -0.2) is 9.18 Å². The largest absolute Gasteiger partial charge is 0.496 e. The minimum atomic E-state index is -0.631. The molecular formula is C17H15FN2O4. The normalized spacial score (nSPS) is 10.6. The SMILES string of the molecule is COc1ccc(F)cc1COC(=O)c1ccc(Cn2cccn2)o1. The zero-order valence-electron chi connectivity index (χ0n) is 12.9. The molecule has 2 aromatic heterocycles. The summed E-state index contributed by atoms with van der Waals surface area (Å²) in [5, 5.41) is 4.06. The summed E-state index contributed by atoms with van der Waals surface area (Å²) < 4.78 is 30.7. The van der Waals surface area contributed by atoms with Gasteiger partial charge in [-0.05, 0) is 36.4 Å². The predicted molar refractivity (Wildman–Crippen MR) is 82.1 cm³/mol. The smallest absolute Gasteiger partial charge is 0.374 e. The Morgan fingerprint density at radius 3 is 2.96 bits per heavy atom. The monoisotopic (exact) mass is 330 g/mol. The van der Waals surface area contributed by atoms with E-state index in [1.54, 1.807) is 29.2 Å². The lowest BCUT2D eigenvalue weighted by Crippen LogP contribution is -2.05. The van der Waals surface area contributed by atoms with Crippen molar-refractivity contribution in [2.75, 3.05) is 7.11 Å². The van der Waals surface area contributed by atoms with E-state index in [0.29, 0.717) is 23.6 Å². The number of carbonyl (C=O) groups excluding carboxylic acids is 1. The Balaban J connectivity index is 1.63. The van der Waals surface area contributed by atoms with Crippen LogP contribution in [-0.4, -0.2) is 22.9 Å². The lowest BCUT2D eigenvalue weighted by molar-refractivity contribution is 0.0431. The van der Waals surface area contributed by atoms with Crippen LogP contribution < -0.4 is 4.74 Å². The van der Waals surface area contributed by atoms with E-state index in [-0.39, 0.29) is 12.4 Å². The molecule has 0 bridgehead atoms. The number of ether oxygens (including phenoxy) is 2. The molecular weight excluding hydrogens is 315 g/mol. The van der Waals surface area contributed by atoms with E-state index in [9.17, 15) is 9.18 Å². The predicted octanol–water partition coefficient (Wildman–Crippen LogP) is 3.03. The van der Waals surface area contributed by atoms with Crippen molar-refractivity contribution in [3.63, 3.8) is 0 Å². The van der Waals surface area contributed by atoms with Crippen molar-refractivity contribution >= 4 is 5.97 Å². The van der Waals surface area contributed by atoms with Gasteiger partial charge in [-0.1, -0.05) is 0 Å². The first-order valence-electron chi connectivity index (χ1n) is 7.21. The second-order valence-electron chi connectivity index (χ2n) is 5.00. The van der Waals surface area contributed by atoms with Crippen LogP contribution in [0.5, 0.6) is 5.75 Å². The second kappa shape index (κ2) is 6.99. The average molecular weight is 330 g/mol. The van der Waals surface area contributed by atoms with Crippen LogP contribution in [0.4, 0.5) is 4.39 Å². The number of carbonyl (C=O) groups is 1. The van der Waals surface area contributed by atoms with E-state index < -0.39 is 11.8 Å². The Labute approximate surface area is 137 Å². The molecule has 0 atom stereocenters. The molecule has 0 fully saturated rings.